The Bertz CT molecular complexity index is 1820. The van der Waals surface area contributed by atoms with E-state index in [-0.39, 0.29) is 18.6 Å². The predicted molar refractivity (Wildman–Crippen MR) is 206 cm³/mol. The van der Waals surface area contributed by atoms with Crippen molar-refractivity contribution in [3.63, 3.8) is 0 Å². The van der Waals surface area contributed by atoms with E-state index >= 15 is 0 Å². The van der Waals surface area contributed by atoms with Gasteiger partial charge in [-0.2, -0.15) is 0 Å². The van der Waals surface area contributed by atoms with E-state index in [0.717, 1.165) is 26.4 Å². The summed E-state index contributed by atoms with van der Waals surface area (Å²) < 4.78 is 59.0. The van der Waals surface area contributed by atoms with E-state index in [9.17, 15) is 33.8 Å². The molecule has 3 N–H and O–H groups in total. The van der Waals surface area contributed by atoms with Crippen molar-refractivity contribution in [2.45, 2.75) is 154 Å². The molecule has 5 fully saturated rings. The standard InChI is InChI=1S/C43H59FN2O13/c1-22(2)54-39(51)45-31(24(4)44)32(48)38(50)55-27-19-43(52)36(58-37(49)26-13-10-9-11-14-26)34-41(8,16-15-28-42(34,21-53-28)59-25(5)47)35-33(30(23(27)3)40(43,6)7)56-29(57-35)20-46-17-12-18-46/h9-11,13-14,22,24,27-29,31-36,48,52H,12,15-21H2,1-8H3,(H,45,51)/t24-,27-,28+,29+,31-,32+,33+,34-,35+,36-,41+,42-,43+/m0/s1. The number of alkyl carbamates (subject to hydrolysis) is 1. The number of nitrogens with zero attached hydrogens (tertiary/aromatic N) is 1. The molecular weight excluding hydrogens is 771 g/mol. The van der Waals surface area contributed by atoms with E-state index in [4.69, 9.17) is 33.2 Å². The smallest absolute Gasteiger partial charge is 0.407 e. The van der Waals surface area contributed by atoms with Crippen LogP contribution >= 0.6 is 0 Å². The van der Waals surface area contributed by atoms with Crippen molar-refractivity contribution in [2.24, 2.45) is 16.7 Å². The number of rotatable bonds is 11. The average Bonchev–Trinajstić information content (AvgIpc) is 3.55. The van der Waals surface area contributed by atoms with Crippen LogP contribution in [0.25, 0.3) is 0 Å². The maximum Gasteiger partial charge on any atom is 0.407 e. The van der Waals surface area contributed by atoms with E-state index in [2.05, 4.69) is 10.2 Å². The molecular formula is C43H59FN2O13. The fraction of sp³-hybridized carbons (Fsp3) is 0.721. The molecule has 3 aliphatic carbocycles. The number of carbonyl (C=O) groups is 4. The van der Waals surface area contributed by atoms with Crippen molar-refractivity contribution < 1.29 is 66.9 Å². The SMILES string of the molecule is CC(=O)O[C@@]12CO[C@@H]1CC[C@@]1(C)[C@@H]3O[C@H](CN4CCC4)O[C@@H]3C3=C(C)[C@@H](OC(=O)[C@H](O)[C@@H](NC(=O)OC(C)C)[C@H](C)F)C[C@@](O)([C@@H](OC(=O)c4ccccc4)[C@@H]12)C3(C)C. The van der Waals surface area contributed by atoms with E-state index in [0.29, 0.717) is 30.5 Å². The molecule has 16 heteroatoms. The molecule has 13 atom stereocenters. The minimum Gasteiger partial charge on any atom is -0.456 e. The van der Waals surface area contributed by atoms with Crippen LogP contribution in [-0.2, 0) is 42.7 Å². The van der Waals surface area contributed by atoms with Gasteiger partial charge in [-0.05, 0) is 83.3 Å². The van der Waals surface area contributed by atoms with Gasteiger partial charge in [0.2, 0.25) is 0 Å². The van der Waals surface area contributed by atoms with E-state index in [1.165, 1.54) is 6.92 Å². The van der Waals surface area contributed by atoms with Crippen molar-refractivity contribution in [1.82, 2.24) is 10.2 Å². The molecule has 3 aliphatic heterocycles. The Morgan fingerprint density at radius 1 is 1.05 bits per heavy atom. The molecule has 59 heavy (non-hydrogen) atoms. The molecule has 1 aromatic rings. The second-order valence-electron chi connectivity index (χ2n) is 18.3. The Morgan fingerprint density at radius 2 is 1.75 bits per heavy atom. The predicted octanol–water partition coefficient (Wildman–Crippen LogP) is 3.77. The zero-order chi connectivity index (χ0) is 42.8. The molecule has 3 heterocycles. The van der Waals surface area contributed by atoms with Crippen LogP contribution in [0.4, 0.5) is 9.18 Å². The van der Waals surface area contributed by atoms with Crippen molar-refractivity contribution in [1.29, 1.82) is 0 Å². The van der Waals surface area contributed by atoms with E-state index < -0.39 is 113 Å². The zero-order valence-corrected chi connectivity index (χ0v) is 35.1. The number of hydrogen-bond donors (Lipinski definition) is 3. The topological polar surface area (TPSA) is 189 Å². The molecule has 7 rings (SSSR count). The first-order valence-electron chi connectivity index (χ1n) is 20.8. The maximum atomic E-state index is 15.0. The fourth-order valence-electron chi connectivity index (χ4n) is 10.7. The minimum absolute atomic E-state index is 0.0375. The first-order chi connectivity index (χ1) is 27.7. The number of nitrogens with one attached hydrogen (secondary N) is 1. The van der Waals surface area contributed by atoms with Crippen LogP contribution in [-0.4, -0.2) is 138 Å². The van der Waals surface area contributed by atoms with Crippen LogP contribution in [0, 0.1) is 16.7 Å². The lowest BCUT2D eigenvalue weighted by molar-refractivity contribution is -0.345. The number of aliphatic hydroxyl groups is 2. The van der Waals surface area contributed by atoms with Gasteiger partial charge in [0, 0.05) is 30.7 Å². The summed E-state index contributed by atoms with van der Waals surface area (Å²) in [6.07, 6.45) is -9.66. The molecule has 1 aromatic carbocycles. The molecule has 0 unspecified atom stereocenters. The van der Waals surface area contributed by atoms with Crippen molar-refractivity contribution in [2.75, 3.05) is 26.2 Å². The summed E-state index contributed by atoms with van der Waals surface area (Å²) in [6.45, 7) is 15.1. The van der Waals surface area contributed by atoms with Gasteiger partial charge < -0.3 is 48.7 Å². The molecule has 2 bridgehead atoms. The highest BCUT2D eigenvalue weighted by atomic mass is 19.1. The summed E-state index contributed by atoms with van der Waals surface area (Å²) in [5.41, 5.74) is -4.45. The largest absolute Gasteiger partial charge is 0.456 e. The number of aliphatic hydroxyl groups excluding tert-OH is 1. The summed E-state index contributed by atoms with van der Waals surface area (Å²) in [5.74, 6) is -3.54. The molecule has 326 valence electrons. The number of fused-ring (bicyclic) bond motifs is 8. The molecule has 0 spiro atoms. The number of alkyl halides is 1. The number of likely N-dealkylation sites (tertiary alicyclic amines) is 1. The number of carbonyl (C=O) groups excluding carboxylic acids is 4. The molecule has 15 nitrogen and oxygen atoms in total. The van der Waals surface area contributed by atoms with Gasteiger partial charge in [0.25, 0.3) is 0 Å². The lowest BCUT2D eigenvalue weighted by Gasteiger charge is -2.68. The van der Waals surface area contributed by atoms with Crippen LogP contribution < -0.4 is 5.32 Å². The third-order valence-corrected chi connectivity index (χ3v) is 13.9. The third-order valence-electron chi connectivity index (χ3n) is 13.9. The number of amides is 1. The summed E-state index contributed by atoms with van der Waals surface area (Å²) in [6, 6.07) is 6.59. The number of benzene rings is 1. The van der Waals surface area contributed by atoms with Crippen LogP contribution in [0.15, 0.2) is 41.5 Å². The lowest BCUT2D eigenvalue weighted by atomic mass is 9.45. The summed E-state index contributed by atoms with van der Waals surface area (Å²) in [5, 5.41) is 27.2. The average molecular weight is 831 g/mol. The molecule has 1 amide bonds. The lowest BCUT2D eigenvalue weighted by Crippen LogP contribution is -2.79. The van der Waals surface area contributed by atoms with Crippen LogP contribution in [0.5, 0.6) is 0 Å². The molecule has 0 radical (unpaired) electrons. The van der Waals surface area contributed by atoms with Gasteiger partial charge in [0.1, 0.15) is 36.2 Å². The van der Waals surface area contributed by atoms with E-state index in [1.807, 2.05) is 20.8 Å². The molecule has 0 aromatic heterocycles. The van der Waals surface area contributed by atoms with Crippen molar-refractivity contribution in [3.8, 4) is 0 Å². The number of ether oxygens (including phenoxy) is 7. The summed E-state index contributed by atoms with van der Waals surface area (Å²) in [7, 11) is 0. The Balaban J connectivity index is 1.37. The van der Waals surface area contributed by atoms with Crippen LogP contribution in [0.1, 0.15) is 91.4 Å². The van der Waals surface area contributed by atoms with E-state index in [1.54, 1.807) is 51.1 Å². The fourth-order valence-corrected chi connectivity index (χ4v) is 10.7. The van der Waals surface area contributed by atoms with Crippen molar-refractivity contribution in [3.05, 3.63) is 47.0 Å². The first kappa shape index (κ1) is 43.4. The highest BCUT2D eigenvalue weighted by molar-refractivity contribution is 5.89. The van der Waals surface area contributed by atoms with Crippen LogP contribution in [0.3, 0.4) is 0 Å². The van der Waals surface area contributed by atoms with Gasteiger partial charge in [0.05, 0.1) is 36.3 Å². The van der Waals surface area contributed by atoms with Crippen molar-refractivity contribution >= 4 is 24.0 Å². The van der Waals surface area contributed by atoms with Gasteiger partial charge in [-0.3, -0.25) is 9.69 Å². The Hall–Kier alpha value is -3.67. The quantitative estimate of drug-likeness (QED) is 0.166. The number of esters is 3. The minimum atomic E-state index is -2.19. The molecule has 2 saturated carbocycles. The first-order valence-corrected chi connectivity index (χ1v) is 20.8. The molecule has 3 saturated heterocycles. The molecule has 6 aliphatic rings. The highest BCUT2D eigenvalue weighted by Crippen LogP contribution is 2.66. The van der Waals surface area contributed by atoms with Gasteiger partial charge in [-0.25, -0.2) is 18.8 Å². The number of hydrogen-bond acceptors (Lipinski definition) is 14. The van der Waals surface area contributed by atoms with Gasteiger partial charge >= 0.3 is 24.0 Å². The Kier molecular flexibility index (Phi) is 11.8. The summed E-state index contributed by atoms with van der Waals surface area (Å²) >= 11 is 0. The Labute approximate surface area is 344 Å². The normalized spacial score (nSPS) is 37.4. The van der Waals surface area contributed by atoms with Gasteiger partial charge in [-0.15, -0.1) is 0 Å². The number of halogens is 1. The second kappa shape index (κ2) is 16.0. The monoisotopic (exact) mass is 830 g/mol. The van der Waals surface area contributed by atoms with Gasteiger partial charge in [-0.1, -0.05) is 39.0 Å². The maximum absolute atomic E-state index is 15.0. The highest BCUT2D eigenvalue weighted by Gasteiger charge is 2.77. The van der Waals surface area contributed by atoms with Crippen LogP contribution in [0.2, 0.25) is 0 Å². The second-order valence-corrected chi connectivity index (χ2v) is 18.3. The Morgan fingerprint density at radius 3 is 2.32 bits per heavy atom. The zero-order valence-electron chi connectivity index (χ0n) is 35.1. The third kappa shape index (κ3) is 7.45. The summed E-state index contributed by atoms with van der Waals surface area (Å²) in [4.78, 5) is 56.0. The van der Waals surface area contributed by atoms with Gasteiger partial charge in [0.15, 0.2) is 18.0 Å².